The highest BCUT2D eigenvalue weighted by Crippen LogP contribution is 2.36. The van der Waals surface area contributed by atoms with Crippen LogP contribution in [0.5, 0.6) is 0 Å². The summed E-state index contributed by atoms with van der Waals surface area (Å²) in [6.07, 6.45) is 0. The molecule has 0 bridgehead atoms. The number of nitrogens with two attached hydrogens (primary N) is 1. The average molecular weight is 233 g/mol. The van der Waals surface area contributed by atoms with Crippen LogP contribution in [0.25, 0.3) is 0 Å². The molecule has 0 heterocycles. The Morgan fingerprint density at radius 2 is 1.59 bits per heavy atom. The first-order valence-electron chi connectivity index (χ1n) is 5.31. The van der Waals surface area contributed by atoms with Gasteiger partial charge in [0, 0.05) is 16.8 Å². The fourth-order valence-corrected chi connectivity index (χ4v) is 1.70. The summed E-state index contributed by atoms with van der Waals surface area (Å²) in [7, 11) is 0. The molecule has 0 aliphatic rings. The second-order valence-corrected chi connectivity index (χ2v) is 4.07. The summed E-state index contributed by atoms with van der Waals surface area (Å²) >= 11 is 0. The third kappa shape index (κ3) is 2.28. The van der Waals surface area contributed by atoms with Crippen LogP contribution < -0.4 is 5.73 Å². The van der Waals surface area contributed by atoms with Crippen molar-refractivity contribution in [2.75, 3.05) is 5.73 Å². The van der Waals surface area contributed by atoms with Gasteiger partial charge in [-0.05, 0) is 25.1 Å². The lowest BCUT2D eigenvalue weighted by Gasteiger charge is -2.17. The molecule has 0 amide bonds. The number of rotatable bonds is 2. The summed E-state index contributed by atoms with van der Waals surface area (Å²) in [6, 6.07) is 12.0. The minimum atomic E-state index is -2.99. The first-order chi connectivity index (χ1) is 8.00. The maximum absolute atomic E-state index is 14.2. The molecule has 1 nitrogen and oxygen atoms in total. The molecule has 0 aromatic heterocycles. The zero-order valence-electron chi connectivity index (χ0n) is 9.45. The van der Waals surface area contributed by atoms with E-state index in [4.69, 9.17) is 5.73 Å². The van der Waals surface area contributed by atoms with Crippen molar-refractivity contribution in [1.82, 2.24) is 0 Å². The van der Waals surface area contributed by atoms with E-state index in [1.54, 1.807) is 19.1 Å². The summed E-state index contributed by atoms with van der Waals surface area (Å²) in [4.78, 5) is 0. The molecule has 17 heavy (non-hydrogen) atoms. The van der Waals surface area contributed by atoms with Gasteiger partial charge in [-0.1, -0.05) is 35.9 Å². The average Bonchev–Trinajstić information content (AvgIpc) is 2.29. The number of halogens is 2. The van der Waals surface area contributed by atoms with E-state index < -0.39 is 5.92 Å². The van der Waals surface area contributed by atoms with Crippen LogP contribution in [0.4, 0.5) is 14.5 Å². The van der Waals surface area contributed by atoms with Crippen molar-refractivity contribution in [1.29, 1.82) is 0 Å². The SMILES string of the molecule is Cc1cccc(C(F)(F)c2ccc(N)cc2)c1. The second-order valence-electron chi connectivity index (χ2n) is 4.07. The molecular formula is C14H13F2N. The minimum absolute atomic E-state index is 0.00210. The van der Waals surface area contributed by atoms with Crippen molar-refractivity contribution in [3.63, 3.8) is 0 Å². The predicted molar refractivity (Wildman–Crippen MR) is 65.0 cm³/mol. The van der Waals surface area contributed by atoms with Crippen LogP contribution in [0.1, 0.15) is 16.7 Å². The largest absolute Gasteiger partial charge is 0.399 e. The van der Waals surface area contributed by atoms with Gasteiger partial charge in [0.25, 0.3) is 5.92 Å². The summed E-state index contributed by atoms with van der Waals surface area (Å²) in [6.45, 7) is 1.79. The lowest BCUT2D eigenvalue weighted by atomic mass is 9.99. The zero-order chi connectivity index (χ0) is 12.5. The third-order valence-corrected chi connectivity index (χ3v) is 2.65. The number of hydrogen-bond donors (Lipinski definition) is 1. The maximum Gasteiger partial charge on any atom is 0.298 e. The molecule has 0 unspecified atom stereocenters. The van der Waals surface area contributed by atoms with E-state index >= 15 is 0 Å². The Labute approximate surface area is 98.9 Å². The van der Waals surface area contributed by atoms with E-state index in [0.29, 0.717) is 5.69 Å². The molecule has 88 valence electrons. The van der Waals surface area contributed by atoms with Gasteiger partial charge >= 0.3 is 0 Å². The van der Waals surface area contributed by atoms with Gasteiger partial charge in [0.2, 0.25) is 0 Å². The van der Waals surface area contributed by atoms with Crippen molar-refractivity contribution >= 4 is 5.69 Å². The van der Waals surface area contributed by atoms with Gasteiger partial charge in [0.05, 0.1) is 0 Å². The minimum Gasteiger partial charge on any atom is -0.399 e. The lowest BCUT2D eigenvalue weighted by molar-refractivity contribution is 0.0428. The maximum atomic E-state index is 14.2. The topological polar surface area (TPSA) is 26.0 Å². The van der Waals surface area contributed by atoms with Crippen LogP contribution in [0.15, 0.2) is 48.5 Å². The van der Waals surface area contributed by atoms with Gasteiger partial charge in [0.1, 0.15) is 0 Å². The zero-order valence-corrected chi connectivity index (χ0v) is 9.45. The summed E-state index contributed by atoms with van der Waals surface area (Å²) < 4.78 is 28.3. The van der Waals surface area contributed by atoms with E-state index in [-0.39, 0.29) is 11.1 Å². The molecule has 0 radical (unpaired) electrons. The fourth-order valence-electron chi connectivity index (χ4n) is 1.70. The molecule has 0 saturated heterocycles. The van der Waals surface area contributed by atoms with Crippen LogP contribution in [0.2, 0.25) is 0 Å². The Morgan fingerprint density at radius 1 is 0.941 bits per heavy atom. The highest BCUT2D eigenvalue weighted by molar-refractivity contribution is 5.43. The molecule has 0 saturated carbocycles. The van der Waals surface area contributed by atoms with Gasteiger partial charge in [0.15, 0.2) is 0 Å². The van der Waals surface area contributed by atoms with Crippen LogP contribution in [-0.4, -0.2) is 0 Å². The third-order valence-electron chi connectivity index (χ3n) is 2.65. The first kappa shape index (κ1) is 11.6. The molecular weight excluding hydrogens is 220 g/mol. The van der Waals surface area contributed by atoms with E-state index in [0.717, 1.165) is 5.56 Å². The number of nitrogen functional groups attached to an aromatic ring is 1. The van der Waals surface area contributed by atoms with Crippen LogP contribution in [-0.2, 0) is 5.92 Å². The van der Waals surface area contributed by atoms with Gasteiger partial charge in [-0.2, -0.15) is 8.78 Å². The van der Waals surface area contributed by atoms with Crippen LogP contribution in [0.3, 0.4) is 0 Å². The number of benzene rings is 2. The Balaban J connectivity index is 2.45. The Bertz CT molecular complexity index is 518. The quantitative estimate of drug-likeness (QED) is 0.786. The Kier molecular flexibility index (Phi) is 2.84. The molecule has 0 aliphatic carbocycles. The van der Waals surface area contributed by atoms with Crippen LogP contribution >= 0.6 is 0 Å². The number of aryl methyl sites for hydroxylation is 1. The van der Waals surface area contributed by atoms with E-state index in [9.17, 15) is 8.78 Å². The molecule has 3 heteroatoms. The normalized spacial score (nSPS) is 11.5. The van der Waals surface area contributed by atoms with Crippen LogP contribution in [0, 0.1) is 6.92 Å². The summed E-state index contributed by atoms with van der Waals surface area (Å²) in [5.74, 6) is -2.99. The molecule has 0 spiro atoms. The van der Waals surface area contributed by atoms with E-state index in [1.807, 2.05) is 0 Å². The monoisotopic (exact) mass is 233 g/mol. The van der Waals surface area contributed by atoms with Crippen molar-refractivity contribution < 1.29 is 8.78 Å². The van der Waals surface area contributed by atoms with Crippen molar-refractivity contribution in [2.45, 2.75) is 12.8 Å². The molecule has 0 atom stereocenters. The first-order valence-corrected chi connectivity index (χ1v) is 5.31. The highest BCUT2D eigenvalue weighted by Gasteiger charge is 2.33. The van der Waals surface area contributed by atoms with Gasteiger partial charge in [-0.3, -0.25) is 0 Å². The molecule has 2 aromatic carbocycles. The van der Waals surface area contributed by atoms with Crippen molar-refractivity contribution in [2.24, 2.45) is 0 Å². The van der Waals surface area contributed by atoms with Crippen molar-refractivity contribution in [3.05, 3.63) is 65.2 Å². The molecule has 2 aromatic rings. The number of anilines is 1. The molecule has 0 aliphatic heterocycles. The van der Waals surface area contributed by atoms with E-state index in [2.05, 4.69) is 0 Å². The highest BCUT2D eigenvalue weighted by atomic mass is 19.3. The summed E-state index contributed by atoms with van der Waals surface area (Å²) in [5, 5.41) is 0. The molecule has 2 rings (SSSR count). The van der Waals surface area contributed by atoms with Crippen molar-refractivity contribution in [3.8, 4) is 0 Å². The van der Waals surface area contributed by atoms with Gasteiger partial charge in [-0.15, -0.1) is 0 Å². The Hall–Kier alpha value is -1.90. The number of hydrogen-bond acceptors (Lipinski definition) is 1. The fraction of sp³-hybridized carbons (Fsp3) is 0.143. The van der Waals surface area contributed by atoms with Gasteiger partial charge in [-0.25, -0.2) is 0 Å². The Morgan fingerprint density at radius 3 is 2.18 bits per heavy atom. The van der Waals surface area contributed by atoms with Gasteiger partial charge < -0.3 is 5.73 Å². The summed E-state index contributed by atoms with van der Waals surface area (Å²) in [5.41, 5.74) is 6.74. The smallest absolute Gasteiger partial charge is 0.298 e. The molecule has 0 fully saturated rings. The number of alkyl halides is 2. The molecule has 2 N–H and O–H groups in total. The predicted octanol–water partition coefficient (Wildman–Crippen LogP) is 3.72. The lowest BCUT2D eigenvalue weighted by Crippen LogP contribution is -2.15. The standard InChI is InChI=1S/C14H13F2N/c1-10-3-2-4-12(9-10)14(15,16)11-5-7-13(17)8-6-11/h2-9H,17H2,1H3. The van der Waals surface area contributed by atoms with E-state index in [1.165, 1.54) is 36.4 Å². The second kappa shape index (κ2) is 4.17.